The second-order valence-electron chi connectivity index (χ2n) is 5.75. The molecule has 3 rings (SSSR count). The van der Waals surface area contributed by atoms with Crippen LogP contribution in [0.15, 0.2) is 48.5 Å². The zero-order chi connectivity index (χ0) is 18.7. The van der Waals surface area contributed by atoms with Gasteiger partial charge in [-0.1, -0.05) is 29.3 Å². The number of hydrogen-bond acceptors (Lipinski definition) is 3. The van der Waals surface area contributed by atoms with Crippen molar-refractivity contribution >= 4 is 56.6 Å². The van der Waals surface area contributed by atoms with Gasteiger partial charge in [0.05, 0.1) is 11.4 Å². The number of sulfonamides is 1. The molecule has 0 bridgehead atoms. The summed E-state index contributed by atoms with van der Waals surface area (Å²) < 4.78 is 25.2. The van der Waals surface area contributed by atoms with Crippen LogP contribution in [0, 0.1) is 0 Å². The molecule has 0 saturated carbocycles. The fraction of sp³-hybridized carbons (Fsp3) is 0.167. The van der Waals surface area contributed by atoms with E-state index in [9.17, 15) is 13.2 Å². The highest BCUT2D eigenvalue weighted by molar-refractivity contribution is 7.93. The maximum atomic E-state index is 12.1. The normalized spacial score (nSPS) is 16.2. The van der Waals surface area contributed by atoms with Crippen LogP contribution >= 0.6 is 23.2 Å². The maximum absolute atomic E-state index is 12.1. The largest absolute Gasteiger partial charge is 0.323 e. The van der Waals surface area contributed by atoms with Crippen molar-refractivity contribution in [2.75, 3.05) is 21.9 Å². The van der Waals surface area contributed by atoms with E-state index in [0.29, 0.717) is 39.9 Å². The summed E-state index contributed by atoms with van der Waals surface area (Å²) in [6.07, 6.45) is 3.51. The van der Waals surface area contributed by atoms with Crippen LogP contribution in [-0.4, -0.2) is 26.6 Å². The molecule has 2 aromatic carbocycles. The van der Waals surface area contributed by atoms with E-state index in [4.69, 9.17) is 23.2 Å². The van der Waals surface area contributed by atoms with E-state index in [1.165, 1.54) is 10.4 Å². The quantitative estimate of drug-likeness (QED) is 0.768. The molecule has 136 valence electrons. The van der Waals surface area contributed by atoms with Gasteiger partial charge in [0.15, 0.2) is 0 Å². The Labute approximate surface area is 162 Å². The maximum Gasteiger partial charge on any atom is 0.248 e. The van der Waals surface area contributed by atoms with Crippen LogP contribution in [0.3, 0.4) is 0 Å². The molecule has 0 spiro atoms. The molecule has 1 heterocycles. The van der Waals surface area contributed by atoms with Gasteiger partial charge in [-0.25, -0.2) is 8.42 Å². The zero-order valence-corrected chi connectivity index (χ0v) is 16.0. The molecular formula is C18H16Cl2N2O3S. The summed E-state index contributed by atoms with van der Waals surface area (Å²) >= 11 is 12.1. The molecule has 1 aliphatic heterocycles. The van der Waals surface area contributed by atoms with Gasteiger partial charge in [-0.15, -0.1) is 0 Å². The summed E-state index contributed by atoms with van der Waals surface area (Å²) in [7, 11) is -3.21. The Morgan fingerprint density at radius 1 is 1.08 bits per heavy atom. The Kier molecular flexibility index (Phi) is 5.55. The van der Waals surface area contributed by atoms with Crippen molar-refractivity contribution in [2.45, 2.75) is 6.42 Å². The number of anilines is 2. The second-order valence-corrected chi connectivity index (χ2v) is 8.57. The number of carbonyl (C=O) groups is 1. The number of carbonyl (C=O) groups excluding carboxylic acids is 1. The van der Waals surface area contributed by atoms with Crippen LogP contribution in [-0.2, 0) is 14.8 Å². The molecule has 0 atom stereocenters. The predicted octanol–water partition coefficient (Wildman–Crippen LogP) is 4.19. The minimum Gasteiger partial charge on any atom is -0.323 e. The molecule has 0 aliphatic carbocycles. The number of benzene rings is 2. The second kappa shape index (κ2) is 7.70. The molecule has 1 fully saturated rings. The first kappa shape index (κ1) is 18.8. The Hall–Kier alpha value is -2.02. The minimum absolute atomic E-state index is 0.168. The molecule has 26 heavy (non-hydrogen) atoms. The van der Waals surface area contributed by atoms with Crippen molar-refractivity contribution in [3.05, 3.63) is 64.1 Å². The highest BCUT2D eigenvalue weighted by Gasteiger charge is 2.28. The van der Waals surface area contributed by atoms with Crippen molar-refractivity contribution in [3.63, 3.8) is 0 Å². The van der Waals surface area contributed by atoms with Crippen molar-refractivity contribution in [2.24, 2.45) is 0 Å². The summed E-state index contributed by atoms with van der Waals surface area (Å²) in [5.74, 6) is -0.177. The average molecular weight is 411 g/mol. The zero-order valence-electron chi connectivity index (χ0n) is 13.7. The Morgan fingerprint density at radius 3 is 2.31 bits per heavy atom. The van der Waals surface area contributed by atoms with Crippen LogP contribution in [0.5, 0.6) is 0 Å². The monoisotopic (exact) mass is 410 g/mol. The van der Waals surface area contributed by atoms with Gasteiger partial charge in [0, 0.05) is 33.9 Å². The first-order valence-corrected chi connectivity index (χ1v) is 10.3. The first-order valence-electron chi connectivity index (χ1n) is 7.90. The van der Waals surface area contributed by atoms with Crippen molar-refractivity contribution < 1.29 is 13.2 Å². The SMILES string of the molecule is O=C(/C=C/c1c(Cl)cccc1Cl)Nc1ccc(N2CCCS2(=O)=O)cc1. The molecule has 1 aliphatic rings. The summed E-state index contributed by atoms with van der Waals surface area (Å²) in [5, 5.41) is 3.62. The smallest absolute Gasteiger partial charge is 0.248 e. The molecule has 0 unspecified atom stereocenters. The van der Waals surface area contributed by atoms with Gasteiger partial charge < -0.3 is 5.32 Å². The fourth-order valence-electron chi connectivity index (χ4n) is 2.65. The molecule has 8 heteroatoms. The summed E-state index contributed by atoms with van der Waals surface area (Å²) in [6, 6.07) is 11.8. The minimum atomic E-state index is -3.21. The first-order chi connectivity index (χ1) is 12.4. The van der Waals surface area contributed by atoms with E-state index in [1.54, 1.807) is 48.5 Å². The van der Waals surface area contributed by atoms with Crippen LogP contribution in [0.2, 0.25) is 10.0 Å². The molecule has 5 nitrogen and oxygen atoms in total. The lowest BCUT2D eigenvalue weighted by Gasteiger charge is -2.17. The van der Waals surface area contributed by atoms with Gasteiger partial charge in [-0.05, 0) is 48.9 Å². The van der Waals surface area contributed by atoms with E-state index in [0.717, 1.165) is 0 Å². The molecule has 0 radical (unpaired) electrons. The van der Waals surface area contributed by atoms with Crippen LogP contribution in [0.4, 0.5) is 11.4 Å². The van der Waals surface area contributed by atoms with E-state index in [1.807, 2.05) is 0 Å². The van der Waals surface area contributed by atoms with Gasteiger partial charge >= 0.3 is 0 Å². The molecule has 0 aromatic heterocycles. The van der Waals surface area contributed by atoms with Crippen LogP contribution in [0.25, 0.3) is 6.08 Å². The predicted molar refractivity (Wildman–Crippen MR) is 106 cm³/mol. The summed E-state index contributed by atoms with van der Waals surface area (Å²) in [6.45, 7) is 0.482. The highest BCUT2D eigenvalue weighted by atomic mass is 35.5. The fourth-order valence-corrected chi connectivity index (χ4v) is 4.74. The lowest BCUT2D eigenvalue weighted by Crippen LogP contribution is -2.24. The third kappa shape index (κ3) is 4.20. The third-order valence-corrected chi connectivity index (χ3v) is 6.45. The van der Waals surface area contributed by atoms with E-state index in [-0.39, 0.29) is 11.7 Å². The lowest BCUT2D eigenvalue weighted by atomic mass is 10.2. The van der Waals surface area contributed by atoms with Crippen molar-refractivity contribution in [1.29, 1.82) is 0 Å². The molecular weight excluding hydrogens is 395 g/mol. The standard InChI is InChI=1S/C18H16Cl2N2O3S/c19-16-3-1-4-17(20)15(16)9-10-18(23)21-13-5-7-14(8-6-13)22-11-2-12-26(22,24)25/h1,3-10H,2,11-12H2,(H,21,23)/b10-9+. The van der Waals surface area contributed by atoms with Crippen molar-refractivity contribution in [1.82, 2.24) is 0 Å². The number of hydrogen-bond donors (Lipinski definition) is 1. The Bertz CT molecular complexity index is 937. The lowest BCUT2D eigenvalue weighted by molar-refractivity contribution is -0.111. The summed E-state index contributed by atoms with van der Waals surface area (Å²) in [4.78, 5) is 12.1. The van der Waals surface area contributed by atoms with Crippen LogP contribution < -0.4 is 9.62 Å². The number of halogens is 2. The van der Waals surface area contributed by atoms with Gasteiger partial charge in [-0.2, -0.15) is 0 Å². The molecule has 1 saturated heterocycles. The topological polar surface area (TPSA) is 66.5 Å². The highest BCUT2D eigenvalue weighted by Crippen LogP contribution is 2.26. The molecule has 1 N–H and O–H groups in total. The third-order valence-electron chi connectivity index (χ3n) is 3.92. The van der Waals surface area contributed by atoms with Gasteiger partial charge in [0.25, 0.3) is 0 Å². The van der Waals surface area contributed by atoms with E-state index in [2.05, 4.69) is 5.32 Å². The summed E-state index contributed by atoms with van der Waals surface area (Å²) in [5.41, 5.74) is 1.73. The van der Waals surface area contributed by atoms with Gasteiger partial charge in [0.2, 0.25) is 15.9 Å². The van der Waals surface area contributed by atoms with Crippen molar-refractivity contribution in [3.8, 4) is 0 Å². The Morgan fingerprint density at radius 2 is 1.73 bits per heavy atom. The number of nitrogens with zero attached hydrogens (tertiary/aromatic N) is 1. The van der Waals surface area contributed by atoms with Gasteiger partial charge in [0.1, 0.15) is 0 Å². The Balaban J connectivity index is 1.67. The number of amides is 1. The molecule has 1 amide bonds. The van der Waals surface area contributed by atoms with E-state index >= 15 is 0 Å². The van der Waals surface area contributed by atoms with Gasteiger partial charge in [-0.3, -0.25) is 9.10 Å². The molecule has 2 aromatic rings. The van der Waals surface area contributed by atoms with E-state index < -0.39 is 10.0 Å². The van der Waals surface area contributed by atoms with Crippen LogP contribution in [0.1, 0.15) is 12.0 Å². The number of rotatable bonds is 4. The average Bonchev–Trinajstić information content (AvgIpc) is 2.94. The number of nitrogens with one attached hydrogen (secondary N) is 1.